The number of aromatic nitrogens is 2. The largest absolute Gasteiger partial charge is 0.309 e. The molecule has 270 valence electrons. The molecule has 0 saturated carbocycles. The number of hydrogen-bond acceptors (Lipinski definition) is 4. The van der Waals surface area contributed by atoms with Crippen molar-refractivity contribution in [3.8, 4) is 11.4 Å². The number of carbonyl (C=O) groups excluding carboxylic acids is 4. The van der Waals surface area contributed by atoms with Crippen LogP contribution in [0.3, 0.4) is 0 Å². The van der Waals surface area contributed by atoms with E-state index in [1.54, 1.807) is 61.5 Å². The van der Waals surface area contributed by atoms with Crippen molar-refractivity contribution in [3.63, 3.8) is 0 Å². The highest BCUT2D eigenvalue weighted by Crippen LogP contribution is 2.52. The standard InChI is InChI=1S/C46H42N4O4/c1-43(2)39(51)49(40(52)44(43,3)4)29-23-28(24-30(25-29)50-41(53)45(5,6)46(7,8)42(50)54)48-37-20-14-11-17-33(37)34-26-27(21-22-38(34)48)47-35-18-12-9-15-31(35)32-16-10-13-19-36(32)47/h9-26H,1-8H3. The first-order valence-corrected chi connectivity index (χ1v) is 18.5. The second kappa shape index (κ2) is 10.8. The number of amides is 4. The first-order chi connectivity index (χ1) is 25.5. The minimum absolute atomic E-state index is 0.312. The number of fused-ring (bicyclic) bond motifs is 6. The molecule has 2 aliphatic heterocycles. The first-order valence-electron chi connectivity index (χ1n) is 18.5. The molecule has 8 heteroatoms. The van der Waals surface area contributed by atoms with Crippen molar-refractivity contribution in [1.29, 1.82) is 0 Å². The van der Waals surface area contributed by atoms with E-state index in [0.717, 1.165) is 38.5 Å². The van der Waals surface area contributed by atoms with Crippen molar-refractivity contribution in [2.45, 2.75) is 55.4 Å². The Bertz CT molecular complexity index is 2650. The van der Waals surface area contributed by atoms with Gasteiger partial charge in [0.1, 0.15) is 0 Å². The molecule has 2 fully saturated rings. The van der Waals surface area contributed by atoms with E-state index in [0.29, 0.717) is 17.1 Å². The third-order valence-corrected chi connectivity index (χ3v) is 13.2. The Morgan fingerprint density at radius 1 is 0.333 bits per heavy atom. The maximum Gasteiger partial charge on any atom is 0.240 e. The molecule has 0 radical (unpaired) electrons. The molecule has 4 heterocycles. The lowest BCUT2D eigenvalue weighted by Crippen LogP contribution is -2.35. The summed E-state index contributed by atoms with van der Waals surface area (Å²) in [6.07, 6.45) is 0. The third kappa shape index (κ3) is 4.14. The molecule has 0 unspecified atom stereocenters. The highest BCUT2D eigenvalue weighted by Gasteiger charge is 2.61. The average Bonchev–Trinajstić information content (AvgIpc) is 3.73. The smallest absolute Gasteiger partial charge is 0.240 e. The van der Waals surface area contributed by atoms with Crippen LogP contribution in [0.1, 0.15) is 55.4 Å². The number of carbonyl (C=O) groups is 4. The third-order valence-electron chi connectivity index (χ3n) is 13.2. The molecule has 8 nitrogen and oxygen atoms in total. The van der Waals surface area contributed by atoms with Crippen LogP contribution in [0, 0.1) is 21.7 Å². The van der Waals surface area contributed by atoms with Crippen LogP contribution in [-0.2, 0) is 19.2 Å². The number of imide groups is 2. The van der Waals surface area contributed by atoms with Crippen LogP contribution in [0.5, 0.6) is 0 Å². The normalized spacial score (nSPS) is 19.0. The van der Waals surface area contributed by atoms with Gasteiger partial charge in [-0.25, -0.2) is 9.80 Å². The summed E-state index contributed by atoms with van der Waals surface area (Å²) in [5, 5.41) is 4.36. The van der Waals surface area contributed by atoms with Gasteiger partial charge < -0.3 is 9.13 Å². The minimum Gasteiger partial charge on any atom is -0.309 e. The summed E-state index contributed by atoms with van der Waals surface area (Å²) in [5.41, 5.74) is 2.30. The van der Waals surface area contributed by atoms with Gasteiger partial charge in [-0.2, -0.15) is 0 Å². The lowest BCUT2D eigenvalue weighted by Gasteiger charge is -2.28. The summed E-state index contributed by atoms with van der Waals surface area (Å²) in [6.45, 7) is 14.3. The molecule has 0 aliphatic carbocycles. The van der Waals surface area contributed by atoms with Gasteiger partial charge in [0.2, 0.25) is 23.6 Å². The van der Waals surface area contributed by atoms with Crippen molar-refractivity contribution in [1.82, 2.24) is 9.13 Å². The molecule has 5 aromatic carbocycles. The van der Waals surface area contributed by atoms with Crippen LogP contribution in [0.2, 0.25) is 0 Å². The molecule has 0 spiro atoms. The summed E-state index contributed by atoms with van der Waals surface area (Å²) in [4.78, 5) is 59.0. The van der Waals surface area contributed by atoms with Crippen LogP contribution in [0.15, 0.2) is 109 Å². The lowest BCUT2D eigenvalue weighted by atomic mass is 9.70. The molecule has 7 aromatic rings. The fraction of sp³-hybridized carbons (Fsp3) is 0.261. The topological polar surface area (TPSA) is 84.6 Å². The van der Waals surface area contributed by atoms with Crippen molar-refractivity contribution in [2.24, 2.45) is 21.7 Å². The summed E-state index contributed by atoms with van der Waals surface area (Å²) < 4.78 is 4.38. The summed E-state index contributed by atoms with van der Waals surface area (Å²) >= 11 is 0. The Hall–Kier alpha value is -6.02. The van der Waals surface area contributed by atoms with Gasteiger partial charge in [-0.3, -0.25) is 19.2 Å². The average molecular weight is 715 g/mol. The van der Waals surface area contributed by atoms with Crippen LogP contribution < -0.4 is 9.80 Å². The molecule has 54 heavy (non-hydrogen) atoms. The zero-order valence-electron chi connectivity index (χ0n) is 31.8. The summed E-state index contributed by atoms with van der Waals surface area (Å²) in [6, 6.07) is 36.6. The van der Waals surface area contributed by atoms with Crippen molar-refractivity contribution >= 4 is 78.6 Å². The van der Waals surface area contributed by atoms with E-state index in [9.17, 15) is 19.2 Å². The Balaban J connectivity index is 1.32. The fourth-order valence-electron chi connectivity index (χ4n) is 8.39. The second-order valence-corrected chi connectivity index (χ2v) is 17.0. The number of para-hydroxylation sites is 3. The van der Waals surface area contributed by atoms with Gasteiger partial charge in [-0.15, -0.1) is 0 Å². The van der Waals surface area contributed by atoms with Crippen LogP contribution >= 0.6 is 0 Å². The maximum absolute atomic E-state index is 14.1. The van der Waals surface area contributed by atoms with Crippen LogP contribution in [0.4, 0.5) is 11.4 Å². The predicted octanol–water partition coefficient (Wildman–Crippen LogP) is 9.73. The Kier molecular flexibility index (Phi) is 6.75. The van der Waals surface area contributed by atoms with E-state index in [4.69, 9.17) is 0 Å². The second-order valence-electron chi connectivity index (χ2n) is 17.0. The number of rotatable bonds is 4. The van der Waals surface area contributed by atoms with Gasteiger partial charge >= 0.3 is 0 Å². The van der Waals surface area contributed by atoms with E-state index in [1.165, 1.54) is 20.6 Å². The predicted molar refractivity (Wildman–Crippen MR) is 215 cm³/mol. The zero-order chi connectivity index (χ0) is 38.3. The molecule has 2 saturated heterocycles. The van der Waals surface area contributed by atoms with Crippen molar-refractivity contribution < 1.29 is 19.2 Å². The molecular formula is C46H42N4O4. The molecule has 9 rings (SSSR count). The molecule has 0 bridgehead atoms. The number of hydrogen-bond donors (Lipinski definition) is 0. The van der Waals surface area contributed by atoms with Gasteiger partial charge in [0.05, 0.1) is 60.8 Å². The van der Waals surface area contributed by atoms with Crippen molar-refractivity contribution in [2.75, 3.05) is 9.80 Å². The molecule has 0 N–H and O–H groups in total. The molecule has 0 atom stereocenters. The van der Waals surface area contributed by atoms with E-state index in [1.807, 2.05) is 30.3 Å². The minimum atomic E-state index is -0.987. The van der Waals surface area contributed by atoms with E-state index in [-0.39, 0.29) is 23.6 Å². The van der Waals surface area contributed by atoms with Gasteiger partial charge in [0.15, 0.2) is 0 Å². The quantitative estimate of drug-likeness (QED) is 0.170. The lowest BCUT2D eigenvalue weighted by molar-refractivity contribution is -0.129. The Morgan fingerprint density at radius 3 is 1.06 bits per heavy atom. The monoisotopic (exact) mass is 714 g/mol. The zero-order valence-corrected chi connectivity index (χ0v) is 31.8. The summed E-state index contributed by atoms with van der Waals surface area (Å²) in [7, 11) is 0. The van der Waals surface area contributed by atoms with Gasteiger partial charge in [-0.05, 0) is 110 Å². The van der Waals surface area contributed by atoms with Crippen molar-refractivity contribution in [3.05, 3.63) is 109 Å². The summed E-state index contributed by atoms with van der Waals surface area (Å²) in [5.74, 6) is -1.34. The highest BCUT2D eigenvalue weighted by molar-refractivity contribution is 6.27. The van der Waals surface area contributed by atoms with Gasteiger partial charge in [0.25, 0.3) is 0 Å². The van der Waals surface area contributed by atoms with E-state index in [2.05, 4.69) is 81.9 Å². The fourth-order valence-corrected chi connectivity index (χ4v) is 8.39. The SMILES string of the molecule is CC1(C)C(=O)N(c2cc(N3C(=O)C(C)(C)C(C)(C)C3=O)cc(-n3c4ccccc4c4cc(-n5c6ccccc6c6ccccc65)ccc43)c2)C(=O)C1(C)C. The molecular weight excluding hydrogens is 673 g/mol. The maximum atomic E-state index is 14.1. The highest BCUT2D eigenvalue weighted by atomic mass is 16.2. The van der Waals surface area contributed by atoms with Crippen LogP contribution in [0.25, 0.3) is 55.0 Å². The number of nitrogens with zero attached hydrogens (tertiary/aromatic N) is 4. The van der Waals surface area contributed by atoms with E-state index < -0.39 is 21.7 Å². The van der Waals surface area contributed by atoms with Gasteiger partial charge in [-0.1, -0.05) is 54.6 Å². The van der Waals surface area contributed by atoms with Gasteiger partial charge in [0, 0.05) is 27.2 Å². The Labute approximate surface area is 313 Å². The van der Waals surface area contributed by atoms with E-state index >= 15 is 0 Å². The number of benzene rings is 5. The first kappa shape index (κ1) is 33.8. The molecule has 2 aromatic heterocycles. The molecule has 2 aliphatic rings. The Morgan fingerprint density at radius 2 is 0.648 bits per heavy atom. The molecule has 4 amide bonds. The number of anilines is 2. The van der Waals surface area contributed by atoms with Crippen LogP contribution in [-0.4, -0.2) is 32.8 Å².